The first-order valence-electron chi connectivity index (χ1n) is 6.31. The highest BCUT2D eigenvalue weighted by Gasteiger charge is 2.24. The predicted octanol–water partition coefficient (Wildman–Crippen LogP) is 1.54. The van der Waals surface area contributed by atoms with Crippen molar-refractivity contribution in [2.75, 3.05) is 19.6 Å². The van der Waals surface area contributed by atoms with Crippen molar-refractivity contribution in [1.29, 1.82) is 0 Å². The van der Waals surface area contributed by atoms with E-state index in [4.69, 9.17) is 10.5 Å². The molecular formula is C14H22N2O. The van der Waals surface area contributed by atoms with Gasteiger partial charge in [0.05, 0.1) is 12.2 Å². The van der Waals surface area contributed by atoms with Crippen LogP contribution in [0.5, 0.6) is 0 Å². The summed E-state index contributed by atoms with van der Waals surface area (Å²) in [5, 5.41) is 0. The van der Waals surface area contributed by atoms with E-state index >= 15 is 0 Å². The molecule has 0 bridgehead atoms. The number of nitrogens with zero attached hydrogens (tertiary/aromatic N) is 1. The number of morpholine rings is 1. The van der Waals surface area contributed by atoms with Crippen LogP contribution >= 0.6 is 0 Å². The molecule has 0 spiro atoms. The van der Waals surface area contributed by atoms with E-state index in [9.17, 15) is 0 Å². The maximum atomic E-state index is 5.77. The van der Waals surface area contributed by atoms with E-state index in [0.717, 1.165) is 19.6 Å². The van der Waals surface area contributed by atoms with Crippen LogP contribution in [0.1, 0.15) is 18.1 Å². The van der Waals surface area contributed by atoms with Crippen LogP contribution in [0.15, 0.2) is 24.3 Å². The second kappa shape index (κ2) is 5.63. The van der Waals surface area contributed by atoms with E-state index in [1.165, 1.54) is 11.1 Å². The van der Waals surface area contributed by atoms with E-state index in [2.05, 4.69) is 43.0 Å². The Morgan fingerprint density at radius 2 is 2.12 bits per heavy atom. The highest BCUT2D eigenvalue weighted by atomic mass is 16.5. The average molecular weight is 234 g/mol. The third-order valence-electron chi connectivity index (χ3n) is 3.32. The zero-order chi connectivity index (χ0) is 12.3. The Balaban J connectivity index is 2.01. The zero-order valence-corrected chi connectivity index (χ0v) is 10.7. The van der Waals surface area contributed by atoms with Crippen molar-refractivity contribution in [3.63, 3.8) is 0 Å². The highest BCUT2D eigenvalue weighted by molar-refractivity contribution is 5.25. The van der Waals surface area contributed by atoms with Gasteiger partial charge in [-0.1, -0.05) is 24.3 Å². The van der Waals surface area contributed by atoms with E-state index in [0.29, 0.717) is 6.54 Å². The Bertz CT molecular complexity index is 367. The summed E-state index contributed by atoms with van der Waals surface area (Å²) in [6, 6.07) is 8.56. The standard InChI is InChI=1S/C14H22N2O/c1-11-5-3-4-6-13(11)9-16-8-12(2)17-14(7-15)10-16/h3-6,12,14H,7-10,15H2,1-2H3. The number of hydrogen-bond acceptors (Lipinski definition) is 3. The van der Waals surface area contributed by atoms with Crippen molar-refractivity contribution in [2.24, 2.45) is 5.73 Å². The SMILES string of the molecule is Cc1ccccc1CN1CC(C)OC(CN)C1. The van der Waals surface area contributed by atoms with Gasteiger partial charge in [0.25, 0.3) is 0 Å². The molecule has 2 rings (SSSR count). The van der Waals surface area contributed by atoms with Gasteiger partial charge in [0, 0.05) is 26.2 Å². The first-order chi connectivity index (χ1) is 8.19. The molecule has 0 saturated carbocycles. The molecule has 2 N–H and O–H groups in total. The lowest BCUT2D eigenvalue weighted by atomic mass is 10.1. The number of aryl methyl sites for hydroxylation is 1. The molecule has 2 atom stereocenters. The van der Waals surface area contributed by atoms with Gasteiger partial charge in [-0.3, -0.25) is 4.90 Å². The molecule has 0 aromatic heterocycles. The monoisotopic (exact) mass is 234 g/mol. The van der Waals surface area contributed by atoms with Crippen molar-refractivity contribution in [3.8, 4) is 0 Å². The Labute approximate surface area is 104 Å². The van der Waals surface area contributed by atoms with E-state index in [-0.39, 0.29) is 12.2 Å². The number of hydrogen-bond donors (Lipinski definition) is 1. The summed E-state index contributed by atoms with van der Waals surface area (Å²) in [5.74, 6) is 0. The summed E-state index contributed by atoms with van der Waals surface area (Å²) < 4.78 is 5.77. The predicted molar refractivity (Wildman–Crippen MR) is 69.8 cm³/mol. The summed E-state index contributed by atoms with van der Waals surface area (Å²) in [5.41, 5.74) is 8.46. The molecule has 17 heavy (non-hydrogen) atoms. The van der Waals surface area contributed by atoms with Gasteiger partial charge in [-0.25, -0.2) is 0 Å². The number of ether oxygens (including phenoxy) is 1. The van der Waals surface area contributed by atoms with Crippen LogP contribution in [0.3, 0.4) is 0 Å². The topological polar surface area (TPSA) is 38.5 Å². The second-order valence-corrected chi connectivity index (χ2v) is 4.92. The molecule has 2 unspecified atom stereocenters. The molecule has 1 aromatic rings. The Morgan fingerprint density at radius 1 is 1.35 bits per heavy atom. The minimum absolute atomic E-state index is 0.183. The summed E-state index contributed by atoms with van der Waals surface area (Å²) in [4.78, 5) is 2.44. The van der Waals surface area contributed by atoms with Gasteiger partial charge < -0.3 is 10.5 Å². The number of benzene rings is 1. The van der Waals surface area contributed by atoms with Crippen molar-refractivity contribution in [3.05, 3.63) is 35.4 Å². The van der Waals surface area contributed by atoms with Crippen LogP contribution < -0.4 is 5.73 Å². The minimum Gasteiger partial charge on any atom is -0.371 e. The molecule has 0 radical (unpaired) electrons. The quantitative estimate of drug-likeness (QED) is 0.862. The Hall–Kier alpha value is -0.900. The van der Waals surface area contributed by atoms with Gasteiger partial charge in [0.2, 0.25) is 0 Å². The zero-order valence-electron chi connectivity index (χ0n) is 10.7. The lowest BCUT2D eigenvalue weighted by Crippen LogP contribution is -2.48. The largest absolute Gasteiger partial charge is 0.371 e. The molecule has 1 fully saturated rings. The normalized spacial score (nSPS) is 26.1. The molecule has 3 nitrogen and oxygen atoms in total. The fraction of sp³-hybridized carbons (Fsp3) is 0.571. The first kappa shape index (κ1) is 12.6. The van der Waals surface area contributed by atoms with E-state index < -0.39 is 0 Å². The number of rotatable bonds is 3. The van der Waals surface area contributed by atoms with E-state index in [1.807, 2.05) is 0 Å². The lowest BCUT2D eigenvalue weighted by molar-refractivity contribution is -0.0745. The van der Waals surface area contributed by atoms with Gasteiger partial charge >= 0.3 is 0 Å². The maximum absolute atomic E-state index is 5.77. The van der Waals surface area contributed by atoms with E-state index in [1.54, 1.807) is 0 Å². The highest BCUT2D eigenvalue weighted by Crippen LogP contribution is 2.16. The molecule has 3 heteroatoms. The van der Waals surface area contributed by atoms with Crippen LogP contribution in [-0.2, 0) is 11.3 Å². The van der Waals surface area contributed by atoms with Crippen LogP contribution in [0.2, 0.25) is 0 Å². The van der Waals surface area contributed by atoms with Crippen LogP contribution in [0.25, 0.3) is 0 Å². The Kier molecular flexibility index (Phi) is 4.15. The molecule has 0 amide bonds. The lowest BCUT2D eigenvalue weighted by Gasteiger charge is -2.36. The fourth-order valence-corrected chi connectivity index (χ4v) is 2.43. The van der Waals surface area contributed by atoms with Gasteiger partial charge in [-0.15, -0.1) is 0 Å². The Morgan fingerprint density at radius 3 is 2.82 bits per heavy atom. The molecule has 1 aliphatic heterocycles. The summed E-state index contributed by atoms with van der Waals surface area (Å²) >= 11 is 0. The minimum atomic E-state index is 0.183. The third-order valence-corrected chi connectivity index (χ3v) is 3.32. The van der Waals surface area contributed by atoms with Crippen molar-refractivity contribution < 1.29 is 4.74 Å². The summed E-state index contributed by atoms with van der Waals surface area (Å²) in [6.45, 7) is 7.82. The third kappa shape index (κ3) is 3.28. The van der Waals surface area contributed by atoms with Crippen molar-refractivity contribution >= 4 is 0 Å². The van der Waals surface area contributed by atoms with Crippen LogP contribution in [0.4, 0.5) is 0 Å². The van der Waals surface area contributed by atoms with Crippen LogP contribution in [0, 0.1) is 6.92 Å². The van der Waals surface area contributed by atoms with Crippen LogP contribution in [-0.4, -0.2) is 36.7 Å². The average Bonchev–Trinajstić information content (AvgIpc) is 2.31. The van der Waals surface area contributed by atoms with Crippen molar-refractivity contribution in [2.45, 2.75) is 32.6 Å². The molecule has 1 aliphatic rings. The maximum Gasteiger partial charge on any atom is 0.0828 e. The summed E-state index contributed by atoms with van der Waals surface area (Å²) in [6.07, 6.45) is 0.462. The number of nitrogens with two attached hydrogens (primary N) is 1. The summed E-state index contributed by atoms with van der Waals surface area (Å²) in [7, 11) is 0. The van der Waals surface area contributed by atoms with Crippen molar-refractivity contribution in [1.82, 2.24) is 4.90 Å². The molecule has 0 aliphatic carbocycles. The molecule has 1 aromatic carbocycles. The molecule has 1 saturated heterocycles. The van der Waals surface area contributed by atoms with Gasteiger partial charge in [0.1, 0.15) is 0 Å². The first-order valence-corrected chi connectivity index (χ1v) is 6.31. The van der Waals surface area contributed by atoms with Gasteiger partial charge in [0.15, 0.2) is 0 Å². The van der Waals surface area contributed by atoms with Gasteiger partial charge in [-0.2, -0.15) is 0 Å². The smallest absolute Gasteiger partial charge is 0.0828 e. The molecular weight excluding hydrogens is 212 g/mol. The van der Waals surface area contributed by atoms with Gasteiger partial charge in [-0.05, 0) is 25.0 Å². The second-order valence-electron chi connectivity index (χ2n) is 4.92. The molecule has 1 heterocycles. The fourth-order valence-electron chi connectivity index (χ4n) is 2.43. The molecule has 94 valence electrons.